The molecule has 6 rings (SSSR count). The quantitative estimate of drug-likeness (QED) is 0.238. The van der Waals surface area contributed by atoms with E-state index in [1.54, 1.807) is 0 Å². The van der Waals surface area contributed by atoms with Crippen LogP contribution >= 0.6 is 0 Å². The highest BCUT2D eigenvalue weighted by Gasteiger charge is 2.21. The van der Waals surface area contributed by atoms with E-state index in [0.29, 0.717) is 12.2 Å². The first kappa shape index (κ1) is 25.3. The zero-order valence-corrected chi connectivity index (χ0v) is 22.9. The normalized spacial score (nSPS) is 11.1. The van der Waals surface area contributed by atoms with E-state index in [1.807, 2.05) is 98.8 Å². The fourth-order valence-electron chi connectivity index (χ4n) is 5.36. The lowest BCUT2D eigenvalue weighted by Crippen LogP contribution is -2.16. The van der Waals surface area contributed by atoms with Crippen LogP contribution in [0.2, 0.25) is 0 Å². The molecule has 1 N–H and O–H groups in total. The SMILES string of the molecule is Cc1cc(C)c2nc(-c3ccc(OCc4ccccc4)cc3)c(C)c(C(=O)Nc3cccc4ccccc34)c2c1. The second-order valence-corrected chi connectivity index (χ2v) is 10.2. The Morgan fingerprint density at radius 1 is 0.775 bits per heavy atom. The van der Waals surface area contributed by atoms with Crippen LogP contribution in [0.3, 0.4) is 0 Å². The number of carbonyl (C=O) groups is 1. The van der Waals surface area contributed by atoms with Crippen molar-refractivity contribution in [3.05, 3.63) is 137 Å². The molecule has 0 aliphatic carbocycles. The number of carbonyl (C=O) groups excluding carboxylic acids is 1. The van der Waals surface area contributed by atoms with Crippen molar-refractivity contribution in [1.82, 2.24) is 4.98 Å². The molecule has 0 aliphatic heterocycles. The molecule has 0 atom stereocenters. The first-order valence-corrected chi connectivity index (χ1v) is 13.5. The minimum atomic E-state index is -0.143. The number of nitrogens with zero attached hydrogens (tertiary/aromatic N) is 1. The van der Waals surface area contributed by atoms with Gasteiger partial charge in [0.15, 0.2) is 0 Å². The molecule has 1 heterocycles. The van der Waals surface area contributed by atoms with Gasteiger partial charge < -0.3 is 10.1 Å². The van der Waals surface area contributed by atoms with Gasteiger partial charge in [-0.3, -0.25) is 4.79 Å². The monoisotopic (exact) mass is 522 g/mol. The molecular weight excluding hydrogens is 492 g/mol. The number of rotatable bonds is 6. The van der Waals surface area contributed by atoms with Crippen LogP contribution < -0.4 is 10.1 Å². The second kappa shape index (κ2) is 10.7. The van der Waals surface area contributed by atoms with Crippen LogP contribution in [0.4, 0.5) is 5.69 Å². The Bertz CT molecular complexity index is 1850. The number of pyridine rings is 1. The number of ether oxygens (including phenoxy) is 1. The summed E-state index contributed by atoms with van der Waals surface area (Å²) < 4.78 is 5.99. The third-order valence-electron chi connectivity index (χ3n) is 7.31. The average Bonchev–Trinajstić information content (AvgIpc) is 2.97. The van der Waals surface area contributed by atoms with Crippen molar-refractivity contribution >= 4 is 33.3 Å². The first-order chi connectivity index (χ1) is 19.5. The van der Waals surface area contributed by atoms with Crippen molar-refractivity contribution < 1.29 is 9.53 Å². The minimum absolute atomic E-state index is 0.143. The number of anilines is 1. The van der Waals surface area contributed by atoms with Gasteiger partial charge in [0.2, 0.25) is 0 Å². The lowest BCUT2D eigenvalue weighted by molar-refractivity contribution is 0.102. The van der Waals surface area contributed by atoms with Gasteiger partial charge in [-0.1, -0.05) is 78.4 Å². The van der Waals surface area contributed by atoms with Crippen LogP contribution in [0.5, 0.6) is 5.75 Å². The lowest BCUT2D eigenvalue weighted by atomic mass is 9.94. The third kappa shape index (κ3) is 4.92. The van der Waals surface area contributed by atoms with E-state index >= 15 is 0 Å². The Balaban J connectivity index is 1.40. The molecule has 4 heteroatoms. The van der Waals surface area contributed by atoms with E-state index in [1.165, 1.54) is 0 Å². The van der Waals surface area contributed by atoms with Crippen molar-refractivity contribution in [3.8, 4) is 17.0 Å². The van der Waals surface area contributed by atoms with Gasteiger partial charge in [-0.05, 0) is 79.2 Å². The molecule has 0 saturated carbocycles. The summed E-state index contributed by atoms with van der Waals surface area (Å²) in [5.41, 5.74) is 8.08. The molecule has 0 spiro atoms. The summed E-state index contributed by atoms with van der Waals surface area (Å²) in [6.07, 6.45) is 0. The highest BCUT2D eigenvalue weighted by atomic mass is 16.5. The van der Waals surface area contributed by atoms with Gasteiger partial charge in [-0.25, -0.2) is 4.98 Å². The molecule has 0 aliphatic rings. The molecule has 4 nitrogen and oxygen atoms in total. The van der Waals surface area contributed by atoms with Crippen molar-refractivity contribution in [2.24, 2.45) is 0 Å². The highest BCUT2D eigenvalue weighted by Crippen LogP contribution is 2.34. The molecule has 1 amide bonds. The number of hydrogen-bond acceptors (Lipinski definition) is 3. The molecule has 6 aromatic rings. The van der Waals surface area contributed by atoms with Gasteiger partial charge in [0.1, 0.15) is 12.4 Å². The van der Waals surface area contributed by atoms with Crippen LogP contribution in [0.15, 0.2) is 109 Å². The summed E-state index contributed by atoms with van der Waals surface area (Å²) in [6.45, 7) is 6.59. The minimum Gasteiger partial charge on any atom is -0.489 e. The summed E-state index contributed by atoms with van der Waals surface area (Å²) in [5, 5.41) is 6.16. The standard InChI is InChI=1S/C36H30N2O2/c1-23-20-24(2)34-31(21-23)33(36(39)37-32-15-9-13-27-12-7-8-14-30(27)32)25(3)35(38-34)28-16-18-29(19-17-28)40-22-26-10-5-4-6-11-26/h4-21H,22H2,1-3H3,(H,37,39). The number of nitrogens with one attached hydrogen (secondary N) is 1. The Kier molecular flexibility index (Phi) is 6.75. The van der Waals surface area contributed by atoms with Gasteiger partial charge in [0, 0.05) is 22.0 Å². The predicted octanol–water partition coefficient (Wildman–Crippen LogP) is 8.81. The number of hydrogen-bond donors (Lipinski definition) is 1. The van der Waals surface area contributed by atoms with E-state index in [-0.39, 0.29) is 5.91 Å². The van der Waals surface area contributed by atoms with E-state index < -0.39 is 0 Å². The Morgan fingerprint density at radius 2 is 1.50 bits per heavy atom. The molecule has 40 heavy (non-hydrogen) atoms. The zero-order chi connectivity index (χ0) is 27.6. The highest BCUT2D eigenvalue weighted by molar-refractivity contribution is 6.17. The second-order valence-electron chi connectivity index (χ2n) is 10.2. The van der Waals surface area contributed by atoms with E-state index in [0.717, 1.165) is 66.6 Å². The summed E-state index contributed by atoms with van der Waals surface area (Å²) in [7, 11) is 0. The fourth-order valence-corrected chi connectivity index (χ4v) is 5.36. The number of aromatic nitrogens is 1. The van der Waals surface area contributed by atoms with Crippen LogP contribution in [-0.4, -0.2) is 10.9 Å². The molecule has 196 valence electrons. The van der Waals surface area contributed by atoms with Crippen LogP contribution in [-0.2, 0) is 6.61 Å². The van der Waals surface area contributed by atoms with E-state index in [2.05, 4.69) is 36.5 Å². The Morgan fingerprint density at radius 3 is 2.30 bits per heavy atom. The molecule has 5 aromatic carbocycles. The maximum Gasteiger partial charge on any atom is 0.256 e. The molecule has 0 unspecified atom stereocenters. The predicted molar refractivity (Wildman–Crippen MR) is 164 cm³/mol. The van der Waals surface area contributed by atoms with Gasteiger partial charge in [0.05, 0.1) is 16.8 Å². The topological polar surface area (TPSA) is 51.2 Å². The number of fused-ring (bicyclic) bond motifs is 2. The van der Waals surface area contributed by atoms with Crippen LogP contribution in [0, 0.1) is 20.8 Å². The molecule has 1 aromatic heterocycles. The Hall–Kier alpha value is -4.96. The smallest absolute Gasteiger partial charge is 0.256 e. The number of amides is 1. The average molecular weight is 523 g/mol. The van der Waals surface area contributed by atoms with Crippen molar-refractivity contribution in [2.75, 3.05) is 5.32 Å². The summed E-state index contributed by atoms with van der Waals surface area (Å²) in [5.74, 6) is 0.641. The molecule has 0 fully saturated rings. The van der Waals surface area contributed by atoms with Crippen molar-refractivity contribution in [2.45, 2.75) is 27.4 Å². The molecular formula is C36H30N2O2. The van der Waals surface area contributed by atoms with Crippen LogP contribution in [0.25, 0.3) is 32.9 Å². The largest absolute Gasteiger partial charge is 0.489 e. The summed E-state index contributed by atoms with van der Waals surface area (Å²) in [6, 6.07) is 36.3. The number of benzene rings is 5. The summed E-state index contributed by atoms with van der Waals surface area (Å²) in [4.78, 5) is 19.1. The fraction of sp³-hybridized carbons (Fsp3) is 0.111. The number of aryl methyl sites for hydroxylation is 2. The van der Waals surface area contributed by atoms with Gasteiger partial charge in [-0.2, -0.15) is 0 Å². The van der Waals surface area contributed by atoms with E-state index in [9.17, 15) is 4.79 Å². The molecule has 0 saturated heterocycles. The van der Waals surface area contributed by atoms with Crippen molar-refractivity contribution in [1.29, 1.82) is 0 Å². The summed E-state index contributed by atoms with van der Waals surface area (Å²) >= 11 is 0. The van der Waals surface area contributed by atoms with Crippen LogP contribution in [0.1, 0.15) is 32.6 Å². The third-order valence-corrected chi connectivity index (χ3v) is 7.31. The first-order valence-electron chi connectivity index (χ1n) is 13.5. The molecule has 0 radical (unpaired) electrons. The van der Waals surface area contributed by atoms with Crippen molar-refractivity contribution in [3.63, 3.8) is 0 Å². The van der Waals surface area contributed by atoms with Gasteiger partial charge in [-0.15, -0.1) is 0 Å². The van der Waals surface area contributed by atoms with Gasteiger partial charge in [0.25, 0.3) is 5.91 Å². The Labute approximate surface area is 234 Å². The van der Waals surface area contributed by atoms with Gasteiger partial charge >= 0.3 is 0 Å². The van der Waals surface area contributed by atoms with E-state index in [4.69, 9.17) is 9.72 Å². The molecule has 0 bridgehead atoms. The maximum atomic E-state index is 14.0. The lowest BCUT2D eigenvalue weighted by Gasteiger charge is -2.17. The zero-order valence-electron chi connectivity index (χ0n) is 22.9. The maximum absolute atomic E-state index is 14.0.